The largest absolute Gasteiger partial charge is 0.394 e. The monoisotopic (exact) mass is 1140 g/mol. The number of carbonyl (C=O) groups is 1. The summed E-state index contributed by atoms with van der Waals surface area (Å²) in [7, 11) is 0. The van der Waals surface area contributed by atoms with Gasteiger partial charge in [0.15, 0.2) is 0 Å². The minimum absolute atomic E-state index is 0.0520. The molecule has 0 bridgehead atoms. The Balaban J connectivity index is 3.36. The number of hydrogen-bond donors (Lipinski definition) is 3. The maximum Gasteiger partial charge on any atom is 0.220 e. The standard InChI is InChI=1S/C77H153NO3/c1-3-5-7-9-11-13-15-17-19-21-23-25-27-29-31-33-35-36-37-38-39-40-41-42-43-45-47-49-51-53-55-57-59-61-63-65-67-69-71-73-77(81)78-75(74-79)76(80)72-70-68-66-64-62-60-58-56-54-52-50-48-46-44-34-32-30-28-26-24-22-20-18-16-14-12-10-8-6-4-2/h70,72,75-76,79-80H,3-69,71,73-74H2,1-2H3,(H,78,81)/b72-70+. The number of allylic oxidation sites excluding steroid dienone is 1. The van der Waals surface area contributed by atoms with Gasteiger partial charge in [-0.15, -0.1) is 0 Å². The highest BCUT2D eigenvalue weighted by Gasteiger charge is 2.18. The van der Waals surface area contributed by atoms with Crippen molar-refractivity contribution in [3.05, 3.63) is 12.2 Å². The fourth-order valence-electron chi connectivity index (χ4n) is 12.7. The van der Waals surface area contributed by atoms with E-state index in [0.717, 1.165) is 25.7 Å². The van der Waals surface area contributed by atoms with Crippen LogP contribution in [0.5, 0.6) is 0 Å². The lowest BCUT2D eigenvalue weighted by Crippen LogP contribution is -2.45. The molecular formula is C77H153NO3. The highest BCUT2D eigenvalue weighted by atomic mass is 16.3. The number of aliphatic hydroxyl groups is 2. The summed E-state index contributed by atoms with van der Waals surface area (Å²) < 4.78 is 0. The zero-order valence-corrected chi connectivity index (χ0v) is 56.1. The van der Waals surface area contributed by atoms with Crippen molar-refractivity contribution in [2.75, 3.05) is 6.61 Å². The van der Waals surface area contributed by atoms with Crippen LogP contribution in [0.2, 0.25) is 0 Å². The van der Waals surface area contributed by atoms with Crippen LogP contribution in [0.25, 0.3) is 0 Å². The molecule has 0 aromatic rings. The minimum Gasteiger partial charge on any atom is -0.394 e. The maximum absolute atomic E-state index is 12.6. The molecule has 2 atom stereocenters. The number of unbranched alkanes of at least 4 members (excludes halogenated alkanes) is 66. The van der Waals surface area contributed by atoms with Gasteiger partial charge in [-0.05, 0) is 19.3 Å². The Labute approximate surface area is 511 Å². The average Bonchev–Trinajstić information content (AvgIpc) is 3.47. The molecule has 2 unspecified atom stereocenters. The highest BCUT2D eigenvalue weighted by Crippen LogP contribution is 2.20. The Kier molecular flexibility index (Phi) is 72.6. The third-order valence-corrected chi connectivity index (χ3v) is 18.5. The molecule has 4 nitrogen and oxygen atoms in total. The Morgan fingerprint density at radius 1 is 0.284 bits per heavy atom. The van der Waals surface area contributed by atoms with E-state index in [1.54, 1.807) is 6.08 Å². The van der Waals surface area contributed by atoms with Crippen LogP contribution in [-0.4, -0.2) is 34.9 Å². The van der Waals surface area contributed by atoms with E-state index in [-0.39, 0.29) is 12.5 Å². The lowest BCUT2D eigenvalue weighted by Gasteiger charge is -2.20. The summed E-state index contributed by atoms with van der Waals surface area (Å²) in [4.78, 5) is 12.6. The van der Waals surface area contributed by atoms with Crippen molar-refractivity contribution in [3.8, 4) is 0 Å². The Morgan fingerprint density at radius 3 is 0.642 bits per heavy atom. The Bertz CT molecular complexity index is 1160. The van der Waals surface area contributed by atoms with Crippen LogP contribution in [0.4, 0.5) is 0 Å². The van der Waals surface area contributed by atoms with Crippen LogP contribution in [0, 0.1) is 0 Å². The van der Waals surface area contributed by atoms with Gasteiger partial charge in [-0.2, -0.15) is 0 Å². The normalized spacial score (nSPS) is 12.6. The third-order valence-electron chi connectivity index (χ3n) is 18.5. The second-order valence-electron chi connectivity index (χ2n) is 26.8. The molecule has 81 heavy (non-hydrogen) atoms. The van der Waals surface area contributed by atoms with Crippen LogP contribution in [0.15, 0.2) is 12.2 Å². The van der Waals surface area contributed by atoms with Crippen LogP contribution in [0.1, 0.15) is 457 Å². The van der Waals surface area contributed by atoms with E-state index in [2.05, 4.69) is 19.2 Å². The van der Waals surface area contributed by atoms with E-state index in [1.165, 1.54) is 411 Å². The van der Waals surface area contributed by atoms with Crippen LogP contribution in [-0.2, 0) is 4.79 Å². The van der Waals surface area contributed by atoms with Gasteiger partial charge >= 0.3 is 0 Å². The molecule has 0 fully saturated rings. The molecule has 1 amide bonds. The van der Waals surface area contributed by atoms with Gasteiger partial charge in [0.25, 0.3) is 0 Å². The summed E-state index contributed by atoms with van der Waals surface area (Å²) in [5.41, 5.74) is 0. The quantitative estimate of drug-likeness (QED) is 0.0420. The maximum atomic E-state index is 12.6. The van der Waals surface area contributed by atoms with E-state index in [1.807, 2.05) is 6.08 Å². The van der Waals surface area contributed by atoms with Crippen molar-refractivity contribution in [3.63, 3.8) is 0 Å². The summed E-state index contributed by atoms with van der Waals surface area (Å²) in [6.45, 7) is 4.37. The fraction of sp³-hybridized carbons (Fsp3) is 0.961. The number of rotatable bonds is 73. The number of carbonyl (C=O) groups excluding carboxylic acids is 1. The second-order valence-corrected chi connectivity index (χ2v) is 26.8. The molecule has 0 saturated carbocycles. The molecular weight excluding hydrogens is 987 g/mol. The first kappa shape index (κ1) is 80.1. The van der Waals surface area contributed by atoms with Crippen LogP contribution >= 0.6 is 0 Å². The van der Waals surface area contributed by atoms with Crippen molar-refractivity contribution in [1.29, 1.82) is 0 Å². The molecule has 0 aliphatic heterocycles. The SMILES string of the molecule is CCCCCCCCCCCCCCCCCCCCCCCCCCCCCC/C=C/C(O)C(CO)NC(=O)CCCCCCCCCCCCCCCCCCCCCCCCCCCCCCCCCCCCCCCCC. The van der Waals surface area contributed by atoms with Crippen molar-refractivity contribution in [2.24, 2.45) is 0 Å². The molecule has 484 valence electrons. The first-order valence-corrected chi connectivity index (χ1v) is 38.4. The summed E-state index contributed by atoms with van der Waals surface area (Å²) >= 11 is 0. The van der Waals surface area contributed by atoms with Gasteiger partial charge in [-0.3, -0.25) is 4.79 Å². The zero-order valence-electron chi connectivity index (χ0n) is 56.1. The number of amides is 1. The van der Waals surface area contributed by atoms with Gasteiger partial charge in [0.05, 0.1) is 18.8 Å². The molecule has 0 aliphatic rings. The summed E-state index contributed by atoms with van der Waals surface area (Å²) in [5, 5.41) is 23.3. The van der Waals surface area contributed by atoms with Crippen molar-refractivity contribution < 1.29 is 15.0 Å². The number of hydrogen-bond acceptors (Lipinski definition) is 3. The molecule has 0 rings (SSSR count). The van der Waals surface area contributed by atoms with E-state index in [9.17, 15) is 15.0 Å². The molecule has 0 radical (unpaired) electrons. The molecule has 0 aromatic carbocycles. The predicted molar refractivity (Wildman–Crippen MR) is 364 cm³/mol. The summed E-state index contributed by atoms with van der Waals surface area (Å²) in [6.07, 6.45) is 99.2. The first-order valence-electron chi connectivity index (χ1n) is 38.4. The van der Waals surface area contributed by atoms with Crippen molar-refractivity contribution >= 4 is 5.91 Å². The molecule has 4 heteroatoms. The molecule has 0 aliphatic carbocycles. The average molecular weight is 1140 g/mol. The van der Waals surface area contributed by atoms with E-state index < -0.39 is 12.1 Å². The van der Waals surface area contributed by atoms with Crippen molar-refractivity contribution in [1.82, 2.24) is 5.32 Å². The Hall–Kier alpha value is -0.870. The van der Waals surface area contributed by atoms with Gasteiger partial charge in [-0.1, -0.05) is 443 Å². The van der Waals surface area contributed by atoms with Crippen LogP contribution in [0.3, 0.4) is 0 Å². The van der Waals surface area contributed by atoms with Gasteiger partial charge in [0, 0.05) is 6.42 Å². The molecule has 0 heterocycles. The fourth-order valence-corrected chi connectivity index (χ4v) is 12.7. The first-order chi connectivity index (χ1) is 40.2. The van der Waals surface area contributed by atoms with Crippen LogP contribution < -0.4 is 5.32 Å². The zero-order chi connectivity index (χ0) is 58.4. The smallest absolute Gasteiger partial charge is 0.220 e. The topological polar surface area (TPSA) is 69.6 Å². The number of aliphatic hydroxyl groups excluding tert-OH is 2. The van der Waals surface area contributed by atoms with E-state index >= 15 is 0 Å². The van der Waals surface area contributed by atoms with Gasteiger partial charge in [0.2, 0.25) is 5.91 Å². The summed E-state index contributed by atoms with van der Waals surface area (Å²) in [6, 6.07) is -0.620. The van der Waals surface area contributed by atoms with E-state index in [4.69, 9.17) is 0 Å². The van der Waals surface area contributed by atoms with Gasteiger partial charge in [0.1, 0.15) is 0 Å². The van der Waals surface area contributed by atoms with Gasteiger partial charge in [-0.25, -0.2) is 0 Å². The lowest BCUT2D eigenvalue weighted by atomic mass is 10.0. The van der Waals surface area contributed by atoms with Gasteiger partial charge < -0.3 is 15.5 Å². The lowest BCUT2D eigenvalue weighted by molar-refractivity contribution is -0.123. The van der Waals surface area contributed by atoms with Crippen molar-refractivity contribution in [2.45, 2.75) is 469 Å². The third kappa shape index (κ3) is 69.8. The summed E-state index contributed by atoms with van der Waals surface area (Å²) in [5.74, 6) is -0.0520. The predicted octanol–water partition coefficient (Wildman–Crippen LogP) is 26.3. The molecule has 0 aromatic heterocycles. The second kappa shape index (κ2) is 73.4. The molecule has 0 saturated heterocycles. The van der Waals surface area contributed by atoms with E-state index in [0.29, 0.717) is 6.42 Å². The number of nitrogens with one attached hydrogen (secondary N) is 1. The Morgan fingerprint density at radius 2 is 0.457 bits per heavy atom. The highest BCUT2D eigenvalue weighted by molar-refractivity contribution is 5.76. The molecule has 0 spiro atoms. The minimum atomic E-state index is -0.838. The molecule has 3 N–H and O–H groups in total.